The second-order valence-electron chi connectivity index (χ2n) is 7.22. The van der Waals surface area contributed by atoms with E-state index in [-0.39, 0.29) is 0 Å². The summed E-state index contributed by atoms with van der Waals surface area (Å²) in [5.74, 6) is 3.21. The number of rotatable bonds is 3. The molecule has 0 radical (unpaired) electrons. The second kappa shape index (κ2) is 7.97. The molecular formula is C22H21N3OS3. The zero-order valence-electron chi connectivity index (χ0n) is 16.1. The first-order chi connectivity index (χ1) is 14.2. The van der Waals surface area contributed by atoms with Crippen LogP contribution in [-0.2, 0) is 10.8 Å². The van der Waals surface area contributed by atoms with Crippen molar-refractivity contribution in [3.8, 4) is 21.8 Å². The van der Waals surface area contributed by atoms with Crippen LogP contribution in [0.3, 0.4) is 0 Å². The van der Waals surface area contributed by atoms with E-state index in [0.29, 0.717) is 11.8 Å². The van der Waals surface area contributed by atoms with Gasteiger partial charge in [-0.1, -0.05) is 36.4 Å². The summed E-state index contributed by atoms with van der Waals surface area (Å²) < 4.78 is 12.2. The Morgan fingerprint density at radius 3 is 2.72 bits per heavy atom. The van der Waals surface area contributed by atoms with E-state index in [1.807, 2.05) is 12.1 Å². The molecule has 0 unspecified atom stereocenters. The lowest BCUT2D eigenvalue weighted by atomic mass is 10.1. The van der Waals surface area contributed by atoms with E-state index in [0.717, 1.165) is 45.5 Å². The average molecular weight is 440 g/mol. The zero-order valence-corrected chi connectivity index (χ0v) is 18.5. The standard InChI is InChI=1S/C22H21N3OS3/c1-15-9-12-29(26)13-10-25(15)21-19-17(16-6-3-2-4-7-16)14-28-22(19)24-20(23-21)18-8-5-11-27-18/h2-8,11,14-15H,9-10,12-13H2,1H3/t15-,29-/m1/s1. The predicted octanol–water partition coefficient (Wildman–Crippen LogP) is 5.43. The highest BCUT2D eigenvalue weighted by Crippen LogP contribution is 2.40. The summed E-state index contributed by atoms with van der Waals surface area (Å²) in [6.07, 6.45) is 0.914. The topological polar surface area (TPSA) is 46.1 Å². The van der Waals surface area contributed by atoms with Crippen molar-refractivity contribution in [2.45, 2.75) is 19.4 Å². The van der Waals surface area contributed by atoms with Crippen molar-refractivity contribution in [2.24, 2.45) is 0 Å². The number of fused-ring (bicyclic) bond motifs is 1. The van der Waals surface area contributed by atoms with Gasteiger partial charge in [-0.05, 0) is 30.4 Å². The van der Waals surface area contributed by atoms with Gasteiger partial charge in [0.25, 0.3) is 0 Å². The smallest absolute Gasteiger partial charge is 0.173 e. The molecule has 0 aliphatic carbocycles. The molecular weight excluding hydrogens is 418 g/mol. The van der Waals surface area contributed by atoms with E-state index in [1.165, 1.54) is 11.1 Å². The Morgan fingerprint density at radius 1 is 1.07 bits per heavy atom. The van der Waals surface area contributed by atoms with E-state index in [9.17, 15) is 4.21 Å². The molecule has 0 spiro atoms. The first-order valence-electron chi connectivity index (χ1n) is 9.71. The summed E-state index contributed by atoms with van der Waals surface area (Å²) in [4.78, 5) is 14.4. The lowest BCUT2D eigenvalue weighted by Crippen LogP contribution is -2.34. The monoisotopic (exact) mass is 439 g/mol. The molecule has 1 aliphatic rings. The number of anilines is 1. The van der Waals surface area contributed by atoms with Crippen LogP contribution in [0, 0.1) is 0 Å². The summed E-state index contributed by atoms with van der Waals surface area (Å²) in [5, 5.41) is 5.36. The van der Waals surface area contributed by atoms with Crippen molar-refractivity contribution < 1.29 is 4.21 Å². The molecule has 1 aromatic carbocycles. The number of hydrogen-bond donors (Lipinski definition) is 0. The largest absolute Gasteiger partial charge is 0.352 e. The molecule has 4 aromatic rings. The number of hydrogen-bond acceptors (Lipinski definition) is 6. The SMILES string of the molecule is C[C@@H]1CC[S@@](=O)CCN1c1nc(-c2cccs2)nc2scc(-c3ccccc3)c12. The minimum absolute atomic E-state index is 0.291. The van der Waals surface area contributed by atoms with Crippen molar-refractivity contribution in [3.63, 3.8) is 0 Å². The Labute approximate surface area is 180 Å². The Hall–Kier alpha value is -2.09. The molecule has 0 saturated carbocycles. The van der Waals surface area contributed by atoms with Crippen LogP contribution in [0.5, 0.6) is 0 Å². The fraction of sp³-hybridized carbons (Fsp3) is 0.273. The molecule has 7 heteroatoms. The first-order valence-corrected chi connectivity index (χ1v) is 13.0. The van der Waals surface area contributed by atoms with E-state index < -0.39 is 10.8 Å². The highest BCUT2D eigenvalue weighted by Gasteiger charge is 2.26. The quantitative estimate of drug-likeness (QED) is 0.427. The van der Waals surface area contributed by atoms with Crippen LogP contribution in [-0.4, -0.2) is 38.3 Å². The second-order valence-corrected chi connectivity index (χ2v) is 10.7. The van der Waals surface area contributed by atoms with Crippen LogP contribution < -0.4 is 4.90 Å². The number of thiophene rings is 2. The number of aromatic nitrogens is 2. The Bertz CT molecular complexity index is 1150. The molecule has 2 atom stereocenters. The summed E-state index contributed by atoms with van der Waals surface area (Å²) >= 11 is 3.33. The maximum Gasteiger partial charge on any atom is 0.173 e. The van der Waals surface area contributed by atoms with Gasteiger partial charge in [-0.3, -0.25) is 4.21 Å². The molecule has 4 heterocycles. The summed E-state index contributed by atoms with van der Waals surface area (Å²) in [7, 11) is -0.753. The van der Waals surface area contributed by atoms with Gasteiger partial charge in [-0.25, -0.2) is 9.97 Å². The molecule has 5 rings (SSSR count). The third-order valence-electron chi connectivity index (χ3n) is 5.37. The van der Waals surface area contributed by atoms with Crippen LogP contribution >= 0.6 is 22.7 Å². The van der Waals surface area contributed by atoms with Crippen molar-refractivity contribution in [1.29, 1.82) is 0 Å². The van der Waals surface area contributed by atoms with Crippen LogP contribution in [0.4, 0.5) is 5.82 Å². The van der Waals surface area contributed by atoms with Crippen molar-refractivity contribution in [1.82, 2.24) is 9.97 Å². The minimum Gasteiger partial charge on any atom is -0.352 e. The van der Waals surface area contributed by atoms with Gasteiger partial charge in [-0.2, -0.15) is 0 Å². The lowest BCUT2D eigenvalue weighted by Gasteiger charge is -2.29. The fourth-order valence-electron chi connectivity index (χ4n) is 3.77. The third kappa shape index (κ3) is 3.63. The average Bonchev–Trinajstić information content (AvgIpc) is 3.39. The van der Waals surface area contributed by atoms with Crippen molar-refractivity contribution >= 4 is 49.5 Å². The molecule has 29 heavy (non-hydrogen) atoms. The van der Waals surface area contributed by atoms with Gasteiger partial charge in [0.2, 0.25) is 0 Å². The van der Waals surface area contributed by atoms with Crippen LogP contribution in [0.15, 0.2) is 53.2 Å². The molecule has 3 aromatic heterocycles. The minimum atomic E-state index is -0.753. The number of nitrogens with zero attached hydrogens (tertiary/aromatic N) is 3. The van der Waals surface area contributed by atoms with Crippen molar-refractivity contribution in [2.75, 3.05) is 23.0 Å². The van der Waals surface area contributed by atoms with E-state index in [1.54, 1.807) is 22.7 Å². The van der Waals surface area contributed by atoms with E-state index >= 15 is 0 Å². The molecule has 1 saturated heterocycles. The van der Waals surface area contributed by atoms with Gasteiger partial charge in [-0.15, -0.1) is 22.7 Å². The molecule has 0 bridgehead atoms. The van der Waals surface area contributed by atoms with Gasteiger partial charge in [0.15, 0.2) is 5.82 Å². The van der Waals surface area contributed by atoms with E-state index in [2.05, 4.69) is 52.9 Å². The first kappa shape index (κ1) is 18.9. The fourth-order valence-corrected chi connectivity index (χ4v) is 6.58. The highest BCUT2D eigenvalue weighted by molar-refractivity contribution is 7.85. The van der Waals surface area contributed by atoms with Gasteiger partial charge in [0.1, 0.15) is 10.6 Å². The molecule has 4 nitrogen and oxygen atoms in total. The summed E-state index contributed by atoms with van der Waals surface area (Å²) in [5.41, 5.74) is 2.36. The molecule has 1 fully saturated rings. The molecule has 0 N–H and O–H groups in total. The Kier molecular flexibility index (Phi) is 5.20. The van der Waals surface area contributed by atoms with Gasteiger partial charge in [0.05, 0.1) is 10.3 Å². The van der Waals surface area contributed by atoms with Crippen LogP contribution in [0.25, 0.3) is 32.0 Å². The molecule has 148 valence electrons. The molecule has 0 amide bonds. The zero-order chi connectivity index (χ0) is 19.8. The Morgan fingerprint density at radius 2 is 1.93 bits per heavy atom. The van der Waals surface area contributed by atoms with Gasteiger partial charge < -0.3 is 4.90 Å². The van der Waals surface area contributed by atoms with Crippen LogP contribution in [0.1, 0.15) is 13.3 Å². The highest BCUT2D eigenvalue weighted by atomic mass is 32.2. The van der Waals surface area contributed by atoms with Gasteiger partial charge in [0, 0.05) is 45.8 Å². The van der Waals surface area contributed by atoms with Crippen molar-refractivity contribution in [3.05, 3.63) is 53.2 Å². The maximum atomic E-state index is 12.2. The lowest BCUT2D eigenvalue weighted by molar-refractivity contribution is 0.639. The maximum absolute atomic E-state index is 12.2. The van der Waals surface area contributed by atoms with Crippen LogP contribution in [0.2, 0.25) is 0 Å². The normalized spacial score (nSPS) is 20.1. The number of benzene rings is 1. The Balaban J connectivity index is 1.74. The molecule has 1 aliphatic heterocycles. The van der Waals surface area contributed by atoms with Gasteiger partial charge >= 0.3 is 0 Å². The third-order valence-corrected chi connectivity index (χ3v) is 8.44. The van der Waals surface area contributed by atoms with E-state index in [4.69, 9.17) is 9.97 Å². The predicted molar refractivity (Wildman–Crippen MR) is 125 cm³/mol. The summed E-state index contributed by atoms with van der Waals surface area (Å²) in [6.45, 7) is 2.98. The summed E-state index contributed by atoms with van der Waals surface area (Å²) in [6, 6.07) is 14.8.